The molecule has 2 N–H and O–H groups in total. The van der Waals surface area contributed by atoms with E-state index >= 15 is 0 Å². The normalized spacial score (nSPS) is 32.4. The summed E-state index contributed by atoms with van der Waals surface area (Å²) in [7, 11) is 1.55. The van der Waals surface area contributed by atoms with Crippen molar-refractivity contribution in [3.63, 3.8) is 0 Å². The van der Waals surface area contributed by atoms with Gasteiger partial charge in [-0.1, -0.05) is 48.5 Å². The van der Waals surface area contributed by atoms with Crippen LogP contribution in [0.2, 0.25) is 0 Å². The molecule has 5 heteroatoms. The van der Waals surface area contributed by atoms with Crippen molar-refractivity contribution >= 4 is 5.91 Å². The molecule has 2 aromatic rings. The van der Waals surface area contributed by atoms with Crippen LogP contribution < -0.4 is 5.32 Å². The average Bonchev–Trinajstić information content (AvgIpc) is 2.76. The van der Waals surface area contributed by atoms with E-state index in [0.717, 1.165) is 19.3 Å². The topological polar surface area (TPSA) is 67.8 Å². The molecule has 2 aliphatic rings. The van der Waals surface area contributed by atoms with Gasteiger partial charge in [-0.2, -0.15) is 0 Å². The van der Waals surface area contributed by atoms with Gasteiger partial charge in [-0.15, -0.1) is 0 Å². The van der Waals surface area contributed by atoms with Crippen LogP contribution in [0.5, 0.6) is 0 Å². The van der Waals surface area contributed by atoms with Gasteiger partial charge >= 0.3 is 0 Å². The summed E-state index contributed by atoms with van der Waals surface area (Å²) in [4.78, 5) is 12.6. The van der Waals surface area contributed by atoms with E-state index in [1.165, 1.54) is 5.56 Å². The van der Waals surface area contributed by atoms with Crippen LogP contribution in [-0.4, -0.2) is 42.7 Å². The van der Waals surface area contributed by atoms with Crippen molar-refractivity contribution in [2.45, 2.75) is 49.7 Å². The molecular formula is C23H27NO4. The van der Waals surface area contributed by atoms with Crippen LogP contribution in [0.1, 0.15) is 41.1 Å². The number of carbonyl (C=O) groups is 1. The van der Waals surface area contributed by atoms with Crippen molar-refractivity contribution in [3.05, 3.63) is 71.8 Å². The molecule has 1 aliphatic heterocycles. The Morgan fingerprint density at radius 2 is 1.75 bits per heavy atom. The highest BCUT2D eigenvalue weighted by Crippen LogP contribution is 2.43. The Labute approximate surface area is 165 Å². The van der Waals surface area contributed by atoms with Gasteiger partial charge in [-0.25, -0.2) is 0 Å². The van der Waals surface area contributed by atoms with Crippen molar-refractivity contribution in [1.29, 1.82) is 0 Å². The van der Waals surface area contributed by atoms with E-state index in [0.29, 0.717) is 11.5 Å². The largest absolute Gasteiger partial charge is 0.390 e. The number of aliphatic hydroxyl groups excluding tert-OH is 1. The molecule has 0 radical (unpaired) electrons. The molecule has 0 bridgehead atoms. The number of fused-ring (bicyclic) bond motifs is 1. The van der Waals surface area contributed by atoms with Crippen molar-refractivity contribution in [2.24, 2.45) is 5.92 Å². The van der Waals surface area contributed by atoms with Gasteiger partial charge in [-0.05, 0) is 42.9 Å². The summed E-state index contributed by atoms with van der Waals surface area (Å²) in [6, 6.07) is 18.8. The number of methoxy groups -OCH3 is 1. The molecule has 2 aromatic carbocycles. The smallest absolute Gasteiger partial charge is 0.251 e. The Morgan fingerprint density at radius 3 is 2.43 bits per heavy atom. The highest BCUT2D eigenvalue weighted by molar-refractivity contribution is 5.94. The fourth-order valence-corrected chi connectivity index (χ4v) is 4.60. The second kappa shape index (κ2) is 8.43. The summed E-state index contributed by atoms with van der Waals surface area (Å²) in [5, 5.41) is 14.1. The molecule has 0 aromatic heterocycles. The third kappa shape index (κ3) is 3.83. The van der Waals surface area contributed by atoms with Gasteiger partial charge in [0.05, 0.1) is 12.2 Å². The van der Waals surface area contributed by atoms with E-state index in [9.17, 15) is 9.90 Å². The number of amides is 1. The van der Waals surface area contributed by atoms with Gasteiger partial charge in [0.1, 0.15) is 6.04 Å². The first kappa shape index (κ1) is 19.1. The Balaban J connectivity index is 1.50. The molecule has 5 nitrogen and oxygen atoms in total. The first-order chi connectivity index (χ1) is 13.7. The molecule has 1 saturated heterocycles. The van der Waals surface area contributed by atoms with Gasteiger partial charge in [-0.3, -0.25) is 4.79 Å². The summed E-state index contributed by atoms with van der Waals surface area (Å²) in [5.41, 5.74) is 1.85. The lowest BCUT2D eigenvalue weighted by Crippen LogP contribution is -2.62. The SMILES string of the molecule is CO[C@H]1O[C@H]2CC[C@@H](c3ccccc3)C[C@H]2[C@@H](O)[C@@H]1NC(=O)c1ccccc1. The Kier molecular flexibility index (Phi) is 5.76. The molecule has 0 unspecified atom stereocenters. The second-order valence-electron chi connectivity index (χ2n) is 7.72. The Bertz CT molecular complexity index is 782. The summed E-state index contributed by atoms with van der Waals surface area (Å²) in [6.07, 6.45) is 1.31. The molecule has 1 amide bonds. The number of carbonyl (C=O) groups excluding carboxylic acids is 1. The number of benzene rings is 2. The quantitative estimate of drug-likeness (QED) is 0.854. The monoisotopic (exact) mass is 381 g/mol. The van der Waals surface area contributed by atoms with Crippen LogP contribution >= 0.6 is 0 Å². The maximum absolute atomic E-state index is 12.6. The predicted octanol–water partition coefficient (Wildman–Crippen LogP) is 3.10. The number of nitrogens with one attached hydrogen (secondary N) is 1. The molecule has 28 heavy (non-hydrogen) atoms. The van der Waals surface area contributed by atoms with Gasteiger partial charge in [0, 0.05) is 18.6 Å². The summed E-state index contributed by atoms with van der Waals surface area (Å²) < 4.78 is 11.6. The fourth-order valence-electron chi connectivity index (χ4n) is 4.60. The van der Waals surface area contributed by atoms with Gasteiger partial charge in [0.2, 0.25) is 0 Å². The standard InChI is InChI=1S/C23H27NO4/c1-27-23-20(24-22(26)16-10-6-3-7-11-16)21(25)18-14-17(12-13-19(18)28-23)15-8-4-2-5-9-15/h2-11,17-21,23,25H,12-14H2,1H3,(H,24,26)/t17-,18-,19+,20+,21-,23+/m1/s1. The highest BCUT2D eigenvalue weighted by atomic mass is 16.7. The zero-order valence-electron chi connectivity index (χ0n) is 16.0. The van der Waals surface area contributed by atoms with Gasteiger partial charge < -0.3 is 19.9 Å². The Hall–Kier alpha value is -2.21. The van der Waals surface area contributed by atoms with Crippen molar-refractivity contribution in [3.8, 4) is 0 Å². The van der Waals surface area contributed by atoms with Crippen LogP contribution in [0.15, 0.2) is 60.7 Å². The maximum atomic E-state index is 12.6. The number of hydrogen-bond donors (Lipinski definition) is 2. The molecule has 4 rings (SSSR count). The first-order valence-electron chi connectivity index (χ1n) is 9.94. The van der Waals surface area contributed by atoms with Crippen molar-refractivity contribution in [1.82, 2.24) is 5.32 Å². The van der Waals surface area contributed by atoms with Gasteiger partial charge in [0.15, 0.2) is 6.29 Å². The third-order valence-corrected chi connectivity index (χ3v) is 6.08. The van der Waals surface area contributed by atoms with E-state index in [-0.39, 0.29) is 17.9 Å². The number of aliphatic hydroxyl groups is 1. The first-order valence-corrected chi connectivity index (χ1v) is 9.94. The van der Waals surface area contributed by atoms with Crippen LogP contribution in [0, 0.1) is 5.92 Å². The summed E-state index contributed by atoms with van der Waals surface area (Å²) in [6.45, 7) is 0. The lowest BCUT2D eigenvalue weighted by Gasteiger charge is -2.48. The molecule has 0 spiro atoms. The van der Waals surface area contributed by atoms with Crippen molar-refractivity contribution < 1.29 is 19.4 Å². The zero-order valence-corrected chi connectivity index (χ0v) is 16.0. The molecule has 1 heterocycles. The minimum absolute atomic E-state index is 0.0357. The lowest BCUT2D eigenvalue weighted by atomic mass is 9.71. The second-order valence-corrected chi connectivity index (χ2v) is 7.72. The molecule has 2 fully saturated rings. The summed E-state index contributed by atoms with van der Waals surface area (Å²) in [5.74, 6) is 0.126. The van der Waals surface area contributed by atoms with Crippen LogP contribution in [0.3, 0.4) is 0 Å². The van der Waals surface area contributed by atoms with E-state index < -0.39 is 18.4 Å². The van der Waals surface area contributed by atoms with Crippen LogP contribution in [0.4, 0.5) is 0 Å². The molecule has 148 valence electrons. The van der Waals surface area contributed by atoms with Crippen molar-refractivity contribution in [2.75, 3.05) is 7.11 Å². The molecule has 1 saturated carbocycles. The summed E-state index contributed by atoms with van der Waals surface area (Å²) >= 11 is 0. The molecular weight excluding hydrogens is 354 g/mol. The van der Waals surface area contributed by atoms with Crippen LogP contribution in [-0.2, 0) is 9.47 Å². The number of hydrogen-bond acceptors (Lipinski definition) is 4. The van der Waals surface area contributed by atoms with E-state index in [4.69, 9.17) is 9.47 Å². The van der Waals surface area contributed by atoms with E-state index in [1.807, 2.05) is 24.3 Å². The number of rotatable bonds is 4. The predicted molar refractivity (Wildman–Crippen MR) is 106 cm³/mol. The zero-order chi connectivity index (χ0) is 19.5. The van der Waals surface area contributed by atoms with E-state index in [2.05, 4.69) is 29.6 Å². The molecule has 6 atom stereocenters. The van der Waals surface area contributed by atoms with Gasteiger partial charge in [0.25, 0.3) is 5.91 Å². The third-order valence-electron chi connectivity index (χ3n) is 6.08. The molecule has 1 aliphatic carbocycles. The number of ether oxygens (including phenoxy) is 2. The average molecular weight is 381 g/mol. The van der Waals surface area contributed by atoms with E-state index in [1.54, 1.807) is 19.2 Å². The lowest BCUT2D eigenvalue weighted by molar-refractivity contribution is -0.248. The van der Waals surface area contributed by atoms with Crippen LogP contribution in [0.25, 0.3) is 0 Å². The maximum Gasteiger partial charge on any atom is 0.251 e. The Morgan fingerprint density at radius 1 is 1.07 bits per heavy atom. The minimum atomic E-state index is -0.720. The fraction of sp³-hybridized carbons (Fsp3) is 0.435. The minimum Gasteiger partial charge on any atom is -0.390 e. The highest BCUT2D eigenvalue weighted by Gasteiger charge is 2.48.